The number of nitrogens with zero attached hydrogens (tertiary/aromatic N) is 1. The van der Waals surface area contributed by atoms with Gasteiger partial charge in [0, 0.05) is 19.1 Å². The highest BCUT2D eigenvalue weighted by Crippen LogP contribution is 2.17. The second-order valence-corrected chi connectivity index (χ2v) is 4.06. The monoisotopic (exact) mass is 276 g/mol. The van der Waals surface area contributed by atoms with Gasteiger partial charge in [0.25, 0.3) is 0 Å². The van der Waals surface area contributed by atoms with Gasteiger partial charge in [0.2, 0.25) is 0 Å². The molecule has 104 valence electrons. The number of rotatable bonds is 6. The molecule has 1 fully saturated rings. The maximum Gasteiger partial charge on any atom is 0.411 e. The van der Waals surface area contributed by atoms with Crippen LogP contribution in [-0.2, 0) is 4.74 Å². The van der Waals surface area contributed by atoms with E-state index in [2.05, 4.69) is 15.0 Å². The molecular formula is C10H20ClF3N2O. The highest BCUT2D eigenvalue weighted by atomic mass is 35.5. The summed E-state index contributed by atoms with van der Waals surface area (Å²) in [7, 11) is 1.89. The van der Waals surface area contributed by atoms with Crippen LogP contribution in [0.25, 0.3) is 0 Å². The van der Waals surface area contributed by atoms with E-state index in [-0.39, 0.29) is 19.0 Å². The van der Waals surface area contributed by atoms with Crippen LogP contribution in [0.3, 0.4) is 0 Å². The Bertz CT molecular complexity index is 204. The van der Waals surface area contributed by atoms with Crippen molar-refractivity contribution in [2.75, 3.05) is 39.9 Å². The summed E-state index contributed by atoms with van der Waals surface area (Å²) in [6.07, 6.45) is -1.99. The maximum atomic E-state index is 11.8. The molecule has 7 heteroatoms. The first-order valence-corrected chi connectivity index (χ1v) is 5.56. The minimum absolute atomic E-state index is 0. The molecule has 1 aliphatic rings. The van der Waals surface area contributed by atoms with Gasteiger partial charge in [0.15, 0.2) is 0 Å². The van der Waals surface area contributed by atoms with Gasteiger partial charge >= 0.3 is 6.18 Å². The standard InChI is InChI=1S/C10H19F3N2O.ClH/c1-14-7-9-3-2-4-15(9)5-6-16-8-10(11,12)13;/h9,14H,2-8H2,1H3;1H. The van der Waals surface area contributed by atoms with Crippen LogP contribution in [0.5, 0.6) is 0 Å². The minimum Gasteiger partial charge on any atom is -0.371 e. The molecule has 3 nitrogen and oxygen atoms in total. The minimum atomic E-state index is -4.21. The molecule has 1 rings (SSSR count). The molecule has 0 aliphatic carbocycles. The summed E-state index contributed by atoms with van der Waals surface area (Å²) in [5.41, 5.74) is 0. The van der Waals surface area contributed by atoms with Gasteiger partial charge in [-0.25, -0.2) is 0 Å². The summed E-state index contributed by atoms with van der Waals surface area (Å²) in [5, 5.41) is 3.09. The van der Waals surface area contributed by atoms with Crippen LogP contribution in [0.2, 0.25) is 0 Å². The van der Waals surface area contributed by atoms with E-state index in [1.54, 1.807) is 0 Å². The first kappa shape index (κ1) is 17.0. The SMILES string of the molecule is CNCC1CCCN1CCOCC(F)(F)F.Cl. The Hall–Kier alpha value is -0.0400. The summed E-state index contributed by atoms with van der Waals surface area (Å²) in [5.74, 6) is 0. The number of hydrogen-bond donors (Lipinski definition) is 1. The van der Waals surface area contributed by atoms with Crippen molar-refractivity contribution in [3.63, 3.8) is 0 Å². The molecule has 0 saturated carbocycles. The van der Waals surface area contributed by atoms with Crippen molar-refractivity contribution < 1.29 is 17.9 Å². The van der Waals surface area contributed by atoms with Gasteiger partial charge in [-0.05, 0) is 26.4 Å². The van der Waals surface area contributed by atoms with E-state index in [1.807, 2.05) is 7.05 Å². The van der Waals surface area contributed by atoms with Crippen LogP contribution in [-0.4, -0.2) is 57.0 Å². The molecule has 1 heterocycles. The lowest BCUT2D eigenvalue weighted by Crippen LogP contribution is -2.38. The molecular weight excluding hydrogens is 257 g/mol. The smallest absolute Gasteiger partial charge is 0.371 e. The van der Waals surface area contributed by atoms with Gasteiger partial charge in [-0.3, -0.25) is 4.90 Å². The average Bonchev–Trinajstić information content (AvgIpc) is 2.60. The van der Waals surface area contributed by atoms with E-state index in [0.29, 0.717) is 12.6 Å². The molecule has 17 heavy (non-hydrogen) atoms. The quantitative estimate of drug-likeness (QED) is 0.747. The Morgan fingerprint density at radius 1 is 1.41 bits per heavy atom. The number of halogens is 4. The first-order valence-electron chi connectivity index (χ1n) is 5.56. The lowest BCUT2D eigenvalue weighted by atomic mass is 10.2. The van der Waals surface area contributed by atoms with E-state index >= 15 is 0 Å². The van der Waals surface area contributed by atoms with Gasteiger partial charge in [-0.2, -0.15) is 13.2 Å². The fraction of sp³-hybridized carbons (Fsp3) is 1.00. The topological polar surface area (TPSA) is 24.5 Å². The zero-order valence-corrected chi connectivity index (χ0v) is 10.7. The highest BCUT2D eigenvalue weighted by molar-refractivity contribution is 5.85. The molecule has 0 radical (unpaired) electrons. The third-order valence-electron chi connectivity index (χ3n) is 2.73. The van der Waals surface area contributed by atoms with Gasteiger partial charge < -0.3 is 10.1 Å². The Morgan fingerprint density at radius 3 is 2.71 bits per heavy atom. The zero-order chi connectivity index (χ0) is 12.0. The molecule has 0 amide bonds. The third-order valence-corrected chi connectivity index (χ3v) is 2.73. The van der Waals surface area contributed by atoms with Crippen molar-refractivity contribution in [3.05, 3.63) is 0 Å². The van der Waals surface area contributed by atoms with Crippen molar-refractivity contribution in [3.8, 4) is 0 Å². The van der Waals surface area contributed by atoms with Crippen molar-refractivity contribution in [1.29, 1.82) is 0 Å². The van der Waals surface area contributed by atoms with Crippen molar-refractivity contribution >= 4 is 12.4 Å². The van der Waals surface area contributed by atoms with Crippen LogP contribution in [0.4, 0.5) is 13.2 Å². The van der Waals surface area contributed by atoms with Crippen molar-refractivity contribution in [2.45, 2.75) is 25.1 Å². The van der Waals surface area contributed by atoms with E-state index in [1.165, 1.54) is 0 Å². The van der Waals surface area contributed by atoms with Gasteiger partial charge in [0.1, 0.15) is 6.61 Å². The van der Waals surface area contributed by atoms with Crippen LogP contribution in [0.1, 0.15) is 12.8 Å². The first-order chi connectivity index (χ1) is 7.53. The molecule has 1 unspecified atom stereocenters. The number of ether oxygens (including phenoxy) is 1. The Kier molecular flexibility index (Phi) is 8.11. The van der Waals surface area contributed by atoms with Gasteiger partial charge in [0.05, 0.1) is 6.61 Å². The van der Waals surface area contributed by atoms with Gasteiger partial charge in [-0.15, -0.1) is 12.4 Å². The fourth-order valence-corrected chi connectivity index (χ4v) is 2.03. The second kappa shape index (κ2) is 8.13. The zero-order valence-electron chi connectivity index (χ0n) is 9.92. The van der Waals surface area contributed by atoms with Crippen molar-refractivity contribution in [1.82, 2.24) is 10.2 Å². The average molecular weight is 277 g/mol. The second-order valence-electron chi connectivity index (χ2n) is 4.06. The van der Waals surface area contributed by atoms with Crippen molar-refractivity contribution in [2.24, 2.45) is 0 Å². The summed E-state index contributed by atoms with van der Waals surface area (Å²) < 4.78 is 40.0. The maximum absolute atomic E-state index is 11.8. The lowest BCUT2D eigenvalue weighted by Gasteiger charge is -2.24. The predicted molar refractivity (Wildman–Crippen MR) is 62.6 cm³/mol. The highest BCUT2D eigenvalue weighted by Gasteiger charge is 2.28. The molecule has 0 spiro atoms. The molecule has 0 aromatic heterocycles. The van der Waals surface area contributed by atoms with Crippen LogP contribution in [0.15, 0.2) is 0 Å². The molecule has 0 aromatic carbocycles. The molecule has 1 saturated heterocycles. The molecule has 1 N–H and O–H groups in total. The Labute approximate surface area is 106 Å². The summed E-state index contributed by atoms with van der Waals surface area (Å²) in [4.78, 5) is 2.19. The van der Waals surface area contributed by atoms with E-state index < -0.39 is 12.8 Å². The largest absolute Gasteiger partial charge is 0.411 e. The van der Waals surface area contributed by atoms with Crippen LogP contribution >= 0.6 is 12.4 Å². The molecule has 1 atom stereocenters. The predicted octanol–water partition coefficient (Wildman–Crippen LogP) is 1.67. The molecule has 1 aliphatic heterocycles. The summed E-state index contributed by atoms with van der Waals surface area (Å²) in [6.45, 7) is 1.45. The number of likely N-dealkylation sites (N-methyl/N-ethyl adjacent to an activating group) is 1. The normalized spacial score (nSPS) is 21.5. The number of hydrogen-bond acceptors (Lipinski definition) is 3. The molecule has 0 aromatic rings. The van der Waals surface area contributed by atoms with Crippen LogP contribution < -0.4 is 5.32 Å². The summed E-state index contributed by atoms with van der Waals surface area (Å²) in [6, 6.07) is 0.444. The molecule has 0 bridgehead atoms. The van der Waals surface area contributed by atoms with E-state index in [0.717, 1.165) is 25.9 Å². The number of alkyl halides is 3. The lowest BCUT2D eigenvalue weighted by molar-refractivity contribution is -0.174. The Balaban J connectivity index is 0.00000256. The summed E-state index contributed by atoms with van der Waals surface area (Å²) >= 11 is 0. The number of nitrogens with one attached hydrogen (secondary N) is 1. The third kappa shape index (κ3) is 7.08. The fourth-order valence-electron chi connectivity index (χ4n) is 2.03. The Morgan fingerprint density at radius 2 is 2.12 bits per heavy atom. The van der Waals surface area contributed by atoms with E-state index in [4.69, 9.17) is 0 Å². The van der Waals surface area contributed by atoms with E-state index in [9.17, 15) is 13.2 Å². The number of likely N-dealkylation sites (tertiary alicyclic amines) is 1. The van der Waals surface area contributed by atoms with Crippen LogP contribution in [0, 0.1) is 0 Å². The van der Waals surface area contributed by atoms with Gasteiger partial charge in [-0.1, -0.05) is 0 Å².